The molecule has 0 saturated carbocycles. The first-order valence-electron chi connectivity index (χ1n) is 6.37. The molecule has 0 aliphatic carbocycles. The Kier molecular flexibility index (Phi) is 5.69. The first-order chi connectivity index (χ1) is 9.36. The highest BCUT2D eigenvalue weighted by molar-refractivity contribution is 5.83. The average molecular weight is 283 g/mol. The largest absolute Gasteiger partial charge is 0.480 e. The van der Waals surface area contributed by atoms with Gasteiger partial charge in [0.15, 0.2) is 6.04 Å². The van der Waals surface area contributed by atoms with Crippen LogP contribution in [-0.4, -0.2) is 46.5 Å². The van der Waals surface area contributed by atoms with E-state index < -0.39 is 12.0 Å². The maximum atomic E-state index is 11.8. The lowest BCUT2D eigenvalue weighted by Gasteiger charge is -2.13. The zero-order valence-electron chi connectivity index (χ0n) is 12.3. The number of aryl methyl sites for hydroxylation is 2. The second kappa shape index (κ2) is 7.04. The highest BCUT2D eigenvalue weighted by Crippen LogP contribution is 2.13. The Hall–Kier alpha value is -1.89. The van der Waals surface area contributed by atoms with Crippen LogP contribution in [0.4, 0.5) is 0 Å². The van der Waals surface area contributed by atoms with Crippen LogP contribution in [0, 0.1) is 13.8 Å². The molecule has 0 aliphatic rings. The fourth-order valence-electron chi connectivity index (χ4n) is 2.03. The van der Waals surface area contributed by atoms with Gasteiger partial charge in [-0.1, -0.05) is 0 Å². The molecule has 1 aromatic rings. The summed E-state index contributed by atoms with van der Waals surface area (Å²) in [6.07, 6.45) is 0.761. The van der Waals surface area contributed by atoms with Gasteiger partial charge in [-0.15, -0.1) is 0 Å². The molecule has 0 fully saturated rings. The summed E-state index contributed by atoms with van der Waals surface area (Å²) in [5.74, 6) is -1.41. The molecule has 112 valence electrons. The maximum Gasteiger partial charge on any atom is 0.328 e. The zero-order valence-corrected chi connectivity index (χ0v) is 12.3. The number of carbonyl (C=O) groups excluding carboxylic acids is 1. The summed E-state index contributed by atoms with van der Waals surface area (Å²) in [6.45, 7) is 3.79. The molecular formula is C13H21N3O4. The third-order valence-electron chi connectivity index (χ3n) is 3.23. The Balaban J connectivity index is 2.56. The van der Waals surface area contributed by atoms with Crippen molar-refractivity contribution in [2.45, 2.75) is 32.7 Å². The summed E-state index contributed by atoms with van der Waals surface area (Å²) < 4.78 is 6.53. The number of hydrogen-bond acceptors (Lipinski definition) is 4. The molecule has 1 atom stereocenters. The summed E-state index contributed by atoms with van der Waals surface area (Å²) in [4.78, 5) is 22.7. The smallest absolute Gasteiger partial charge is 0.328 e. The van der Waals surface area contributed by atoms with E-state index in [4.69, 9.17) is 9.84 Å². The van der Waals surface area contributed by atoms with Crippen LogP contribution in [0.15, 0.2) is 0 Å². The normalized spacial score (nSPS) is 12.2. The predicted octanol–water partition coefficient (Wildman–Crippen LogP) is 0.185. The quantitative estimate of drug-likeness (QED) is 0.745. The first-order valence-corrected chi connectivity index (χ1v) is 6.37. The molecule has 7 nitrogen and oxygen atoms in total. The Bertz CT molecular complexity index is 496. The van der Waals surface area contributed by atoms with Gasteiger partial charge in [0.25, 0.3) is 0 Å². The van der Waals surface area contributed by atoms with Gasteiger partial charge in [-0.25, -0.2) is 4.79 Å². The van der Waals surface area contributed by atoms with Crippen molar-refractivity contribution in [3.63, 3.8) is 0 Å². The van der Waals surface area contributed by atoms with Crippen LogP contribution in [0.25, 0.3) is 0 Å². The fraction of sp³-hybridized carbons (Fsp3) is 0.615. The molecule has 1 heterocycles. The number of hydrogen-bond donors (Lipinski definition) is 2. The second-order valence-electron chi connectivity index (χ2n) is 4.69. The van der Waals surface area contributed by atoms with Crippen molar-refractivity contribution in [2.75, 3.05) is 13.7 Å². The van der Waals surface area contributed by atoms with Crippen LogP contribution in [-0.2, 0) is 27.8 Å². The molecule has 1 rings (SSSR count). The van der Waals surface area contributed by atoms with Crippen LogP contribution in [0.1, 0.15) is 23.4 Å². The lowest BCUT2D eigenvalue weighted by atomic mass is 10.1. The van der Waals surface area contributed by atoms with Gasteiger partial charge in [-0.3, -0.25) is 9.48 Å². The summed E-state index contributed by atoms with van der Waals surface area (Å²) in [7, 11) is 3.25. The standard InChI is InChI=1S/C13H21N3O4/c1-8-10(9(2)16(3)15-8)5-6-12(17)14-11(7-20-4)13(18)19/h11H,5-7H2,1-4H3,(H,14,17)(H,18,19). The van der Waals surface area contributed by atoms with Crippen molar-refractivity contribution >= 4 is 11.9 Å². The molecule has 0 bridgehead atoms. The number of carboxylic acids is 1. The lowest BCUT2D eigenvalue weighted by Crippen LogP contribution is -2.43. The third-order valence-corrected chi connectivity index (χ3v) is 3.23. The summed E-state index contributed by atoms with van der Waals surface area (Å²) in [5, 5.41) is 15.6. The summed E-state index contributed by atoms with van der Waals surface area (Å²) >= 11 is 0. The van der Waals surface area contributed by atoms with Crippen molar-refractivity contribution in [3.05, 3.63) is 17.0 Å². The number of ether oxygens (including phenoxy) is 1. The van der Waals surface area contributed by atoms with E-state index in [0.29, 0.717) is 6.42 Å². The molecule has 1 unspecified atom stereocenters. The van der Waals surface area contributed by atoms with Gasteiger partial charge in [-0.05, 0) is 25.8 Å². The topological polar surface area (TPSA) is 93.5 Å². The number of rotatable bonds is 7. The first kappa shape index (κ1) is 16.2. The van der Waals surface area contributed by atoms with Gasteiger partial charge in [0, 0.05) is 26.3 Å². The number of methoxy groups -OCH3 is 1. The van der Waals surface area contributed by atoms with Crippen molar-refractivity contribution in [3.8, 4) is 0 Å². The molecule has 0 spiro atoms. The minimum atomic E-state index is -1.10. The van der Waals surface area contributed by atoms with E-state index in [1.807, 2.05) is 20.9 Å². The van der Waals surface area contributed by atoms with Gasteiger partial charge >= 0.3 is 5.97 Å². The van der Waals surface area contributed by atoms with E-state index in [9.17, 15) is 9.59 Å². The highest BCUT2D eigenvalue weighted by Gasteiger charge is 2.20. The number of nitrogens with zero attached hydrogens (tertiary/aromatic N) is 2. The van der Waals surface area contributed by atoms with Crippen LogP contribution in [0.2, 0.25) is 0 Å². The Morgan fingerprint density at radius 1 is 1.45 bits per heavy atom. The van der Waals surface area contributed by atoms with Crippen LogP contribution >= 0.6 is 0 Å². The van der Waals surface area contributed by atoms with Crippen molar-refractivity contribution in [2.24, 2.45) is 7.05 Å². The number of carbonyl (C=O) groups is 2. The third kappa shape index (κ3) is 4.06. The van der Waals surface area contributed by atoms with E-state index >= 15 is 0 Å². The Morgan fingerprint density at radius 3 is 2.55 bits per heavy atom. The van der Waals surface area contributed by atoms with Crippen molar-refractivity contribution in [1.82, 2.24) is 15.1 Å². The van der Waals surface area contributed by atoms with E-state index in [-0.39, 0.29) is 18.9 Å². The number of amides is 1. The maximum absolute atomic E-state index is 11.8. The SMILES string of the molecule is COCC(NC(=O)CCc1c(C)nn(C)c1C)C(=O)O. The van der Waals surface area contributed by atoms with Crippen molar-refractivity contribution < 1.29 is 19.4 Å². The van der Waals surface area contributed by atoms with E-state index in [1.54, 1.807) is 4.68 Å². The van der Waals surface area contributed by atoms with Gasteiger partial charge in [0.2, 0.25) is 5.91 Å². The van der Waals surface area contributed by atoms with Crippen LogP contribution in [0.5, 0.6) is 0 Å². The molecule has 0 aliphatic heterocycles. The van der Waals surface area contributed by atoms with E-state index in [1.165, 1.54) is 7.11 Å². The zero-order chi connectivity index (χ0) is 15.3. The van der Waals surface area contributed by atoms with Gasteiger partial charge < -0.3 is 15.2 Å². The molecule has 0 saturated heterocycles. The molecule has 1 amide bonds. The van der Waals surface area contributed by atoms with Gasteiger partial charge in [-0.2, -0.15) is 5.10 Å². The highest BCUT2D eigenvalue weighted by atomic mass is 16.5. The van der Waals surface area contributed by atoms with E-state index in [2.05, 4.69) is 10.4 Å². The van der Waals surface area contributed by atoms with Gasteiger partial charge in [0.05, 0.1) is 12.3 Å². The molecular weight excluding hydrogens is 262 g/mol. The summed E-state index contributed by atoms with van der Waals surface area (Å²) in [5.41, 5.74) is 2.94. The van der Waals surface area contributed by atoms with E-state index in [0.717, 1.165) is 17.0 Å². The number of aromatic nitrogens is 2. The monoisotopic (exact) mass is 283 g/mol. The Morgan fingerprint density at radius 2 is 2.10 bits per heavy atom. The fourth-order valence-corrected chi connectivity index (χ4v) is 2.03. The molecule has 20 heavy (non-hydrogen) atoms. The number of nitrogens with one attached hydrogen (secondary N) is 1. The minimum Gasteiger partial charge on any atom is -0.480 e. The summed E-state index contributed by atoms with van der Waals surface area (Å²) in [6, 6.07) is -1.01. The van der Waals surface area contributed by atoms with Gasteiger partial charge in [0.1, 0.15) is 0 Å². The second-order valence-corrected chi connectivity index (χ2v) is 4.69. The van der Waals surface area contributed by atoms with Crippen molar-refractivity contribution in [1.29, 1.82) is 0 Å². The predicted molar refractivity (Wildman–Crippen MR) is 72.4 cm³/mol. The lowest BCUT2D eigenvalue weighted by molar-refractivity contribution is -0.143. The molecule has 0 radical (unpaired) electrons. The molecule has 7 heteroatoms. The molecule has 2 N–H and O–H groups in total. The van der Waals surface area contributed by atoms with Crippen LogP contribution < -0.4 is 5.32 Å². The number of carboxylic acid groups (broad SMARTS) is 1. The molecule has 1 aromatic heterocycles. The average Bonchev–Trinajstić information content (AvgIpc) is 2.60. The molecule has 0 aromatic carbocycles. The number of aliphatic carboxylic acids is 1. The Labute approximate surface area is 117 Å². The minimum absolute atomic E-state index is 0.0496. The van der Waals surface area contributed by atoms with Crippen LogP contribution in [0.3, 0.4) is 0 Å².